The molecule has 0 N–H and O–H groups in total. The first-order valence-corrected chi connectivity index (χ1v) is 5.90. The van der Waals surface area contributed by atoms with Crippen LogP contribution in [-0.4, -0.2) is 25.4 Å². The average molecular weight is 202 g/mol. The Morgan fingerprint density at radius 2 is 1.71 bits per heavy atom. The van der Waals surface area contributed by atoms with Crippen molar-refractivity contribution in [1.82, 2.24) is 0 Å². The van der Waals surface area contributed by atoms with Gasteiger partial charge >= 0.3 is 0 Å². The van der Waals surface area contributed by atoms with Gasteiger partial charge in [-0.3, -0.25) is 0 Å². The SMILES string of the molecule is CCCCCCOCC(C)OC(C)C. The summed E-state index contributed by atoms with van der Waals surface area (Å²) >= 11 is 0. The van der Waals surface area contributed by atoms with Crippen molar-refractivity contribution in [1.29, 1.82) is 0 Å². The van der Waals surface area contributed by atoms with Gasteiger partial charge in [-0.2, -0.15) is 0 Å². The van der Waals surface area contributed by atoms with Crippen LogP contribution >= 0.6 is 0 Å². The summed E-state index contributed by atoms with van der Waals surface area (Å²) in [6, 6.07) is 0. The third-order valence-corrected chi connectivity index (χ3v) is 2.00. The van der Waals surface area contributed by atoms with Gasteiger partial charge in [-0.05, 0) is 27.2 Å². The molecule has 14 heavy (non-hydrogen) atoms. The molecule has 0 amide bonds. The van der Waals surface area contributed by atoms with E-state index < -0.39 is 0 Å². The maximum Gasteiger partial charge on any atom is 0.0783 e. The van der Waals surface area contributed by atoms with Crippen molar-refractivity contribution in [3.63, 3.8) is 0 Å². The molecule has 0 fully saturated rings. The molecular formula is C12H26O2. The molecule has 0 aliphatic heterocycles. The second kappa shape index (κ2) is 9.47. The van der Waals surface area contributed by atoms with Crippen LogP contribution in [0.1, 0.15) is 53.4 Å². The lowest BCUT2D eigenvalue weighted by atomic mass is 10.2. The molecule has 0 aliphatic rings. The zero-order valence-electron chi connectivity index (χ0n) is 10.2. The van der Waals surface area contributed by atoms with E-state index in [1.54, 1.807) is 0 Å². The summed E-state index contributed by atoms with van der Waals surface area (Å²) in [5, 5.41) is 0. The van der Waals surface area contributed by atoms with Gasteiger partial charge in [0.2, 0.25) is 0 Å². The molecule has 1 atom stereocenters. The number of hydrogen-bond donors (Lipinski definition) is 0. The van der Waals surface area contributed by atoms with Gasteiger partial charge in [-0.1, -0.05) is 26.2 Å². The second-order valence-electron chi connectivity index (χ2n) is 4.13. The van der Waals surface area contributed by atoms with Crippen molar-refractivity contribution in [2.24, 2.45) is 0 Å². The topological polar surface area (TPSA) is 18.5 Å². The fourth-order valence-electron chi connectivity index (χ4n) is 1.38. The van der Waals surface area contributed by atoms with Gasteiger partial charge in [-0.15, -0.1) is 0 Å². The number of ether oxygens (including phenoxy) is 2. The average Bonchev–Trinajstić information content (AvgIpc) is 2.10. The summed E-state index contributed by atoms with van der Waals surface area (Å²) in [6.45, 7) is 10.00. The molecule has 2 nitrogen and oxygen atoms in total. The molecule has 0 rings (SSSR count). The first-order chi connectivity index (χ1) is 6.66. The predicted octanol–water partition coefficient (Wildman–Crippen LogP) is 3.40. The van der Waals surface area contributed by atoms with E-state index in [9.17, 15) is 0 Å². The van der Waals surface area contributed by atoms with Gasteiger partial charge in [0.15, 0.2) is 0 Å². The minimum atomic E-state index is 0.223. The molecule has 86 valence electrons. The van der Waals surface area contributed by atoms with Crippen LogP contribution in [-0.2, 0) is 9.47 Å². The summed E-state index contributed by atoms with van der Waals surface area (Å²) in [7, 11) is 0. The fraction of sp³-hybridized carbons (Fsp3) is 1.00. The molecule has 0 aromatic heterocycles. The van der Waals surface area contributed by atoms with Gasteiger partial charge in [0.05, 0.1) is 18.8 Å². The van der Waals surface area contributed by atoms with E-state index in [2.05, 4.69) is 27.7 Å². The first-order valence-electron chi connectivity index (χ1n) is 5.90. The summed E-state index contributed by atoms with van der Waals surface area (Å²) in [6.07, 6.45) is 5.60. The van der Waals surface area contributed by atoms with E-state index in [-0.39, 0.29) is 6.10 Å². The van der Waals surface area contributed by atoms with Crippen LogP contribution < -0.4 is 0 Å². The smallest absolute Gasteiger partial charge is 0.0783 e. The molecule has 0 spiro atoms. The molecule has 0 bridgehead atoms. The molecule has 0 heterocycles. The van der Waals surface area contributed by atoms with Crippen molar-refractivity contribution in [3.05, 3.63) is 0 Å². The highest BCUT2D eigenvalue weighted by Gasteiger charge is 2.03. The van der Waals surface area contributed by atoms with Gasteiger partial charge < -0.3 is 9.47 Å². The van der Waals surface area contributed by atoms with Gasteiger partial charge in [0.25, 0.3) is 0 Å². The van der Waals surface area contributed by atoms with Crippen molar-refractivity contribution in [3.8, 4) is 0 Å². The molecule has 0 aromatic carbocycles. The molecule has 2 heteroatoms. The van der Waals surface area contributed by atoms with Crippen molar-refractivity contribution >= 4 is 0 Å². The Balaban J connectivity index is 3.10. The van der Waals surface area contributed by atoms with Gasteiger partial charge in [0.1, 0.15) is 0 Å². The highest BCUT2D eigenvalue weighted by atomic mass is 16.5. The normalized spacial score (nSPS) is 13.5. The Bertz CT molecular complexity index is 113. The molecule has 0 saturated carbocycles. The first kappa shape index (κ1) is 13.9. The van der Waals surface area contributed by atoms with Crippen LogP contribution in [0, 0.1) is 0 Å². The standard InChI is InChI=1S/C12H26O2/c1-5-6-7-8-9-13-10-12(4)14-11(2)3/h11-12H,5-10H2,1-4H3. The Morgan fingerprint density at radius 3 is 2.29 bits per heavy atom. The van der Waals surface area contributed by atoms with E-state index >= 15 is 0 Å². The molecule has 0 saturated heterocycles. The molecular weight excluding hydrogens is 176 g/mol. The second-order valence-corrected chi connectivity index (χ2v) is 4.13. The number of rotatable bonds is 9. The molecule has 1 unspecified atom stereocenters. The van der Waals surface area contributed by atoms with Crippen LogP contribution in [0.2, 0.25) is 0 Å². The van der Waals surface area contributed by atoms with Crippen molar-refractivity contribution < 1.29 is 9.47 Å². The van der Waals surface area contributed by atoms with Crippen molar-refractivity contribution in [2.75, 3.05) is 13.2 Å². The van der Waals surface area contributed by atoms with Crippen LogP contribution in [0.4, 0.5) is 0 Å². The largest absolute Gasteiger partial charge is 0.379 e. The molecule has 0 aliphatic carbocycles. The van der Waals surface area contributed by atoms with E-state index in [4.69, 9.17) is 9.47 Å². The highest BCUT2D eigenvalue weighted by Crippen LogP contribution is 2.01. The summed E-state index contributed by atoms with van der Waals surface area (Å²) < 4.78 is 11.1. The zero-order chi connectivity index (χ0) is 10.8. The summed E-state index contributed by atoms with van der Waals surface area (Å²) in [5.74, 6) is 0. The molecule has 0 aromatic rings. The monoisotopic (exact) mass is 202 g/mol. The lowest BCUT2D eigenvalue weighted by Crippen LogP contribution is -2.20. The predicted molar refractivity (Wildman–Crippen MR) is 60.6 cm³/mol. The van der Waals surface area contributed by atoms with Crippen molar-refractivity contribution in [2.45, 2.75) is 65.6 Å². The van der Waals surface area contributed by atoms with Crippen LogP contribution in [0.5, 0.6) is 0 Å². The zero-order valence-corrected chi connectivity index (χ0v) is 10.2. The van der Waals surface area contributed by atoms with E-state index in [1.807, 2.05) is 0 Å². The highest BCUT2D eigenvalue weighted by molar-refractivity contribution is 4.50. The quantitative estimate of drug-likeness (QED) is 0.533. The minimum absolute atomic E-state index is 0.223. The lowest BCUT2D eigenvalue weighted by Gasteiger charge is -2.15. The van der Waals surface area contributed by atoms with Crippen LogP contribution in [0.3, 0.4) is 0 Å². The Morgan fingerprint density at radius 1 is 1.00 bits per heavy atom. The Hall–Kier alpha value is -0.0800. The summed E-state index contributed by atoms with van der Waals surface area (Å²) in [5.41, 5.74) is 0. The molecule has 0 radical (unpaired) electrons. The third-order valence-electron chi connectivity index (χ3n) is 2.00. The third kappa shape index (κ3) is 10.0. The fourth-order valence-corrected chi connectivity index (χ4v) is 1.38. The summed E-state index contributed by atoms with van der Waals surface area (Å²) in [4.78, 5) is 0. The Labute approximate surface area is 89.0 Å². The maximum absolute atomic E-state index is 5.55. The maximum atomic E-state index is 5.55. The van der Waals surface area contributed by atoms with E-state index in [0.717, 1.165) is 13.2 Å². The number of hydrogen-bond acceptors (Lipinski definition) is 2. The van der Waals surface area contributed by atoms with E-state index in [0.29, 0.717) is 6.10 Å². The van der Waals surface area contributed by atoms with Crippen LogP contribution in [0.25, 0.3) is 0 Å². The van der Waals surface area contributed by atoms with E-state index in [1.165, 1.54) is 25.7 Å². The minimum Gasteiger partial charge on any atom is -0.379 e. The van der Waals surface area contributed by atoms with Gasteiger partial charge in [0, 0.05) is 6.61 Å². The lowest BCUT2D eigenvalue weighted by molar-refractivity contribution is -0.0353. The van der Waals surface area contributed by atoms with Crippen LogP contribution in [0.15, 0.2) is 0 Å². The Kier molecular flexibility index (Phi) is 9.42. The number of unbranched alkanes of at least 4 members (excludes halogenated alkanes) is 3. The van der Waals surface area contributed by atoms with Gasteiger partial charge in [-0.25, -0.2) is 0 Å².